The third kappa shape index (κ3) is 2.66. The summed E-state index contributed by atoms with van der Waals surface area (Å²) in [5, 5.41) is 0. The van der Waals surface area contributed by atoms with Crippen LogP contribution < -0.4 is 4.90 Å². The second-order valence-electron chi connectivity index (χ2n) is 4.17. The lowest BCUT2D eigenvalue weighted by molar-refractivity contribution is 0.139. The molecule has 15 heavy (non-hydrogen) atoms. The molecule has 1 fully saturated rings. The molecule has 0 N–H and O–H groups in total. The van der Waals surface area contributed by atoms with E-state index in [9.17, 15) is 0 Å². The molecule has 1 aliphatic rings. The number of hydrogen-bond acceptors (Lipinski definition) is 4. The summed E-state index contributed by atoms with van der Waals surface area (Å²) in [6, 6.07) is 1.95. The molecule has 82 valence electrons. The van der Waals surface area contributed by atoms with Crippen LogP contribution in [0.25, 0.3) is 0 Å². The number of aromatic nitrogens is 2. The van der Waals surface area contributed by atoms with Gasteiger partial charge in [0.15, 0.2) is 0 Å². The summed E-state index contributed by atoms with van der Waals surface area (Å²) in [5.74, 6) is 1.75. The number of nitrogens with zero attached hydrogens (tertiary/aromatic N) is 4. The van der Waals surface area contributed by atoms with Crippen molar-refractivity contribution in [2.75, 3.05) is 38.6 Å². The first-order valence-electron chi connectivity index (χ1n) is 5.02. The average molecular weight is 271 g/mol. The highest BCUT2D eigenvalue weighted by atomic mass is 79.9. The number of hydrogen-bond donors (Lipinski definition) is 0. The first-order valence-corrected chi connectivity index (χ1v) is 5.81. The zero-order valence-corrected chi connectivity index (χ0v) is 10.6. The molecule has 1 aromatic rings. The topological polar surface area (TPSA) is 32.3 Å². The van der Waals surface area contributed by atoms with E-state index in [0.29, 0.717) is 0 Å². The monoisotopic (exact) mass is 270 g/mol. The van der Waals surface area contributed by atoms with E-state index < -0.39 is 0 Å². The minimum absolute atomic E-state index is 0.772. The molecule has 2 rings (SSSR count). The van der Waals surface area contributed by atoms with E-state index >= 15 is 0 Å². The standard InChI is InChI=1S/C10H15BrN4/c1-14-4-8(5-14)6-15(2)10-3-9(11)12-7-13-10/h3,7-8H,4-6H2,1-2H3. The van der Waals surface area contributed by atoms with Crippen LogP contribution in [-0.4, -0.2) is 48.6 Å². The predicted molar refractivity (Wildman–Crippen MR) is 64.0 cm³/mol. The summed E-state index contributed by atoms with van der Waals surface area (Å²) in [4.78, 5) is 12.8. The average Bonchev–Trinajstić information content (AvgIpc) is 2.15. The van der Waals surface area contributed by atoms with Crippen LogP contribution in [0, 0.1) is 5.92 Å². The second-order valence-corrected chi connectivity index (χ2v) is 4.98. The van der Waals surface area contributed by atoms with Crippen molar-refractivity contribution in [2.45, 2.75) is 0 Å². The molecule has 0 bridgehead atoms. The highest BCUT2D eigenvalue weighted by Crippen LogP contribution is 2.18. The number of rotatable bonds is 3. The van der Waals surface area contributed by atoms with Crippen LogP contribution in [0.2, 0.25) is 0 Å². The number of likely N-dealkylation sites (tertiary alicyclic amines) is 1. The van der Waals surface area contributed by atoms with Crippen LogP contribution in [0.15, 0.2) is 17.0 Å². The van der Waals surface area contributed by atoms with E-state index in [-0.39, 0.29) is 0 Å². The van der Waals surface area contributed by atoms with Gasteiger partial charge in [0.05, 0.1) is 0 Å². The third-order valence-electron chi connectivity index (χ3n) is 2.68. The van der Waals surface area contributed by atoms with E-state index in [2.05, 4.69) is 49.8 Å². The van der Waals surface area contributed by atoms with Crippen molar-refractivity contribution in [3.8, 4) is 0 Å². The van der Waals surface area contributed by atoms with Crippen molar-refractivity contribution in [2.24, 2.45) is 5.92 Å². The van der Waals surface area contributed by atoms with Gasteiger partial charge >= 0.3 is 0 Å². The molecule has 1 aromatic heterocycles. The van der Waals surface area contributed by atoms with Crippen molar-refractivity contribution >= 4 is 21.7 Å². The van der Waals surface area contributed by atoms with E-state index in [1.807, 2.05) is 6.07 Å². The quantitative estimate of drug-likeness (QED) is 0.774. The van der Waals surface area contributed by atoms with Crippen LogP contribution in [0.3, 0.4) is 0 Å². The van der Waals surface area contributed by atoms with Crippen molar-refractivity contribution in [3.05, 3.63) is 17.0 Å². The SMILES string of the molecule is CN1CC(CN(C)c2cc(Br)ncn2)C1. The fraction of sp³-hybridized carbons (Fsp3) is 0.600. The predicted octanol–water partition coefficient (Wildman–Crippen LogP) is 1.24. The van der Waals surface area contributed by atoms with Gasteiger partial charge in [-0.15, -0.1) is 0 Å². The van der Waals surface area contributed by atoms with Gasteiger partial charge in [0, 0.05) is 38.7 Å². The Hall–Kier alpha value is -0.680. The molecule has 0 spiro atoms. The van der Waals surface area contributed by atoms with Crippen molar-refractivity contribution in [1.29, 1.82) is 0 Å². The van der Waals surface area contributed by atoms with Gasteiger partial charge in [0.25, 0.3) is 0 Å². The lowest BCUT2D eigenvalue weighted by Gasteiger charge is -2.38. The molecule has 0 aromatic carbocycles. The fourth-order valence-corrected chi connectivity index (χ4v) is 2.25. The molecule has 0 atom stereocenters. The maximum atomic E-state index is 4.24. The molecule has 1 aliphatic heterocycles. The van der Waals surface area contributed by atoms with Gasteiger partial charge in [-0.2, -0.15) is 0 Å². The second kappa shape index (κ2) is 4.45. The minimum Gasteiger partial charge on any atom is -0.359 e. The summed E-state index contributed by atoms with van der Waals surface area (Å²) >= 11 is 3.35. The summed E-state index contributed by atoms with van der Waals surface area (Å²) in [6.45, 7) is 3.45. The Morgan fingerprint density at radius 1 is 1.53 bits per heavy atom. The van der Waals surface area contributed by atoms with Crippen molar-refractivity contribution in [3.63, 3.8) is 0 Å². The highest BCUT2D eigenvalue weighted by Gasteiger charge is 2.24. The van der Waals surface area contributed by atoms with Crippen LogP contribution in [0.5, 0.6) is 0 Å². The molecule has 0 amide bonds. The van der Waals surface area contributed by atoms with Crippen molar-refractivity contribution < 1.29 is 0 Å². The van der Waals surface area contributed by atoms with Gasteiger partial charge in [-0.1, -0.05) is 0 Å². The Morgan fingerprint density at radius 2 is 2.27 bits per heavy atom. The van der Waals surface area contributed by atoms with E-state index in [1.54, 1.807) is 6.33 Å². The molecular weight excluding hydrogens is 256 g/mol. The Labute approximate surface area is 98.4 Å². The minimum atomic E-state index is 0.772. The summed E-state index contributed by atoms with van der Waals surface area (Å²) < 4.78 is 0.838. The van der Waals surface area contributed by atoms with Crippen LogP contribution in [0.4, 0.5) is 5.82 Å². The van der Waals surface area contributed by atoms with Gasteiger partial charge < -0.3 is 9.80 Å². The van der Waals surface area contributed by atoms with E-state index in [0.717, 1.165) is 22.9 Å². The summed E-state index contributed by atoms with van der Waals surface area (Å²) in [6.07, 6.45) is 1.59. The molecular formula is C10H15BrN4. The molecule has 0 radical (unpaired) electrons. The van der Waals surface area contributed by atoms with Crippen LogP contribution in [-0.2, 0) is 0 Å². The largest absolute Gasteiger partial charge is 0.359 e. The Bertz CT molecular complexity index is 338. The van der Waals surface area contributed by atoms with Crippen LogP contribution in [0.1, 0.15) is 0 Å². The zero-order valence-electron chi connectivity index (χ0n) is 9.02. The Morgan fingerprint density at radius 3 is 2.87 bits per heavy atom. The third-order valence-corrected chi connectivity index (χ3v) is 3.12. The first kappa shape index (κ1) is 10.8. The Balaban J connectivity index is 1.93. The van der Waals surface area contributed by atoms with E-state index in [4.69, 9.17) is 0 Å². The van der Waals surface area contributed by atoms with Gasteiger partial charge in [-0.05, 0) is 23.0 Å². The molecule has 0 unspecified atom stereocenters. The van der Waals surface area contributed by atoms with Gasteiger partial charge in [0.2, 0.25) is 0 Å². The normalized spacial score (nSPS) is 17.5. The smallest absolute Gasteiger partial charge is 0.132 e. The lowest BCUT2D eigenvalue weighted by atomic mass is 10.0. The zero-order chi connectivity index (χ0) is 10.8. The fourth-order valence-electron chi connectivity index (χ4n) is 1.96. The molecule has 1 saturated heterocycles. The lowest BCUT2D eigenvalue weighted by Crippen LogP contribution is -2.48. The van der Waals surface area contributed by atoms with Gasteiger partial charge in [-0.25, -0.2) is 9.97 Å². The van der Waals surface area contributed by atoms with Crippen LogP contribution >= 0.6 is 15.9 Å². The Kier molecular flexibility index (Phi) is 3.21. The molecule has 4 nitrogen and oxygen atoms in total. The first-order chi connectivity index (χ1) is 7.15. The van der Waals surface area contributed by atoms with Crippen molar-refractivity contribution in [1.82, 2.24) is 14.9 Å². The summed E-state index contributed by atoms with van der Waals surface area (Å²) in [5.41, 5.74) is 0. The molecule has 0 aliphatic carbocycles. The molecule has 5 heteroatoms. The number of halogens is 1. The molecule has 0 saturated carbocycles. The maximum absolute atomic E-state index is 4.24. The summed E-state index contributed by atoms with van der Waals surface area (Å²) in [7, 11) is 4.23. The van der Waals surface area contributed by atoms with Gasteiger partial charge in [0.1, 0.15) is 16.7 Å². The molecule has 2 heterocycles. The highest BCUT2D eigenvalue weighted by molar-refractivity contribution is 9.10. The van der Waals surface area contributed by atoms with E-state index in [1.165, 1.54) is 13.1 Å². The number of anilines is 1. The maximum Gasteiger partial charge on any atom is 0.132 e. The van der Waals surface area contributed by atoms with Gasteiger partial charge in [-0.3, -0.25) is 0 Å².